The molecule has 0 aliphatic carbocycles. The number of likely N-dealkylation sites (tertiary alicyclic amines) is 1. The van der Waals surface area contributed by atoms with Crippen molar-refractivity contribution in [1.29, 1.82) is 5.26 Å². The van der Waals surface area contributed by atoms with E-state index in [0.29, 0.717) is 6.42 Å². The summed E-state index contributed by atoms with van der Waals surface area (Å²) in [5.74, 6) is 0. The molecule has 1 fully saturated rings. The standard InChI is InChI=1S/C11H16N4/c12-5-4-11(15-9-6-13-10-15)14-7-2-1-3-8-14/h6,9-11H,1-4,7-8H2. The molecule has 1 aliphatic heterocycles. The molecule has 2 rings (SSSR count). The zero-order chi connectivity index (χ0) is 10.5. The van der Waals surface area contributed by atoms with Gasteiger partial charge in [-0.2, -0.15) is 5.26 Å². The van der Waals surface area contributed by atoms with Crippen LogP contribution in [0.3, 0.4) is 0 Å². The normalized spacial score (nSPS) is 19.7. The van der Waals surface area contributed by atoms with Gasteiger partial charge in [-0.1, -0.05) is 6.42 Å². The summed E-state index contributed by atoms with van der Waals surface area (Å²) in [6, 6.07) is 2.26. The molecule has 80 valence electrons. The molecule has 0 N–H and O–H groups in total. The van der Waals surface area contributed by atoms with Gasteiger partial charge >= 0.3 is 0 Å². The average Bonchev–Trinajstić information content (AvgIpc) is 2.80. The molecule has 0 amide bonds. The molecule has 1 aliphatic rings. The van der Waals surface area contributed by atoms with Crippen LogP contribution in [0, 0.1) is 11.3 Å². The molecule has 1 aromatic rings. The number of piperidine rings is 1. The molecule has 2 heterocycles. The third-order valence-corrected chi connectivity index (χ3v) is 2.96. The van der Waals surface area contributed by atoms with E-state index in [4.69, 9.17) is 5.26 Å². The van der Waals surface area contributed by atoms with Gasteiger partial charge in [-0.05, 0) is 12.8 Å². The molecule has 0 bridgehead atoms. The highest BCUT2D eigenvalue weighted by atomic mass is 15.3. The zero-order valence-electron chi connectivity index (χ0n) is 8.84. The van der Waals surface area contributed by atoms with Gasteiger partial charge in [0.25, 0.3) is 0 Å². The van der Waals surface area contributed by atoms with E-state index in [1.54, 1.807) is 12.5 Å². The molecule has 15 heavy (non-hydrogen) atoms. The highest BCUT2D eigenvalue weighted by molar-refractivity contribution is 4.87. The van der Waals surface area contributed by atoms with Crippen LogP contribution in [0.2, 0.25) is 0 Å². The second-order valence-electron chi connectivity index (χ2n) is 3.95. The van der Waals surface area contributed by atoms with Gasteiger partial charge in [-0.15, -0.1) is 0 Å². The van der Waals surface area contributed by atoms with Crippen molar-refractivity contribution < 1.29 is 0 Å². The van der Waals surface area contributed by atoms with Crippen LogP contribution in [-0.4, -0.2) is 27.5 Å². The summed E-state index contributed by atoms with van der Waals surface area (Å²) in [5, 5.41) is 8.86. The van der Waals surface area contributed by atoms with Crippen LogP contribution in [-0.2, 0) is 0 Å². The Morgan fingerprint density at radius 3 is 2.73 bits per heavy atom. The van der Waals surface area contributed by atoms with E-state index in [1.807, 2.05) is 10.8 Å². The average molecular weight is 204 g/mol. The van der Waals surface area contributed by atoms with Crippen molar-refractivity contribution in [2.45, 2.75) is 31.8 Å². The van der Waals surface area contributed by atoms with Crippen molar-refractivity contribution in [3.05, 3.63) is 18.7 Å². The number of nitrogens with zero attached hydrogens (tertiary/aromatic N) is 4. The van der Waals surface area contributed by atoms with E-state index < -0.39 is 0 Å². The van der Waals surface area contributed by atoms with Crippen molar-refractivity contribution >= 4 is 0 Å². The van der Waals surface area contributed by atoms with E-state index in [9.17, 15) is 0 Å². The maximum Gasteiger partial charge on any atom is 0.100 e. The summed E-state index contributed by atoms with van der Waals surface area (Å²) >= 11 is 0. The van der Waals surface area contributed by atoms with Gasteiger partial charge in [0.05, 0.1) is 18.8 Å². The van der Waals surface area contributed by atoms with E-state index in [1.165, 1.54) is 19.3 Å². The Kier molecular flexibility index (Phi) is 3.36. The number of hydrogen-bond donors (Lipinski definition) is 0. The third-order valence-electron chi connectivity index (χ3n) is 2.96. The minimum Gasteiger partial charge on any atom is -0.320 e. The Hall–Kier alpha value is -1.34. The molecule has 1 aromatic heterocycles. The fraction of sp³-hybridized carbons (Fsp3) is 0.636. The first kappa shape index (κ1) is 10.2. The van der Waals surface area contributed by atoms with Gasteiger partial charge in [0.2, 0.25) is 0 Å². The largest absolute Gasteiger partial charge is 0.320 e. The van der Waals surface area contributed by atoms with Gasteiger partial charge in [0, 0.05) is 25.5 Å². The smallest absolute Gasteiger partial charge is 0.100 e. The van der Waals surface area contributed by atoms with Crippen molar-refractivity contribution in [2.75, 3.05) is 13.1 Å². The minimum absolute atomic E-state index is 0.179. The number of hydrogen-bond acceptors (Lipinski definition) is 3. The monoisotopic (exact) mass is 204 g/mol. The topological polar surface area (TPSA) is 44.9 Å². The molecule has 4 heteroatoms. The van der Waals surface area contributed by atoms with Gasteiger partial charge in [0.1, 0.15) is 6.17 Å². The Morgan fingerprint density at radius 2 is 2.13 bits per heavy atom. The summed E-state index contributed by atoms with van der Waals surface area (Å²) in [4.78, 5) is 6.43. The predicted octanol–water partition coefficient (Wildman–Crippen LogP) is 1.78. The van der Waals surface area contributed by atoms with Gasteiger partial charge in [-0.3, -0.25) is 4.90 Å². The van der Waals surface area contributed by atoms with Crippen molar-refractivity contribution in [3.8, 4) is 6.07 Å². The Morgan fingerprint density at radius 1 is 1.33 bits per heavy atom. The van der Waals surface area contributed by atoms with Crippen LogP contribution >= 0.6 is 0 Å². The van der Waals surface area contributed by atoms with Crippen LogP contribution in [0.5, 0.6) is 0 Å². The SMILES string of the molecule is N#CCC(N1CCCCC1)n1ccnc1. The van der Waals surface area contributed by atoms with Gasteiger partial charge in [0.15, 0.2) is 0 Å². The summed E-state index contributed by atoms with van der Waals surface area (Å²) in [5.41, 5.74) is 0. The van der Waals surface area contributed by atoms with Crippen molar-refractivity contribution in [2.24, 2.45) is 0 Å². The quantitative estimate of drug-likeness (QED) is 0.754. The maximum atomic E-state index is 8.86. The third kappa shape index (κ3) is 2.37. The Balaban J connectivity index is 2.08. The molecule has 1 atom stereocenters. The predicted molar refractivity (Wildman–Crippen MR) is 56.9 cm³/mol. The first-order valence-electron chi connectivity index (χ1n) is 5.50. The van der Waals surface area contributed by atoms with Crippen LogP contribution in [0.1, 0.15) is 31.8 Å². The van der Waals surface area contributed by atoms with Crippen LogP contribution in [0.4, 0.5) is 0 Å². The number of nitriles is 1. The van der Waals surface area contributed by atoms with Crippen LogP contribution in [0.25, 0.3) is 0 Å². The van der Waals surface area contributed by atoms with Gasteiger partial charge in [-0.25, -0.2) is 4.98 Å². The molecule has 0 saturated carbocycles. The summed E-state index contributed by atoms with van der Waals surface area (Å²) in [7, 11) is 0. The Labute approximate surface area is 90.1 Å². The lowest BCUT2D eigenvalue weighted by Gasteiger charge is -2.33. The maximum absolute atomic E-state index is 8.86. The fourth-order valence-electron chi connectivity index (χ4n) is 2.17. The highest BCUT2D eigenvalue weighted by Gasteiger charge is 2.21. The van der Waals surface area contributed by atoms with E-state index in [2.05, 4.69) is 16.0 Å². The summed E-state index contributed by atoms with van der Waals surface area (Å²) in [6.07, 6.45) is 10.0. The highest BCUT2D eigenvalue weighted by Crippen LogP contribution is 2.21. The summed E-state index contributed by atoms with van der Waals surface area (Å²) < 4.78 is 2.04. The van der Waals surface area contributed by atoms with Crippen molar-refractivity contribution in [3.63, 3.8) is 0 Å². The number of rotatable bonds is 3. The molecule has 0 radical (unpaired) electrons. The molecule has 0 aromatic carbocycles. The zero-order valence-corrected chi connectivity index (χ0v) is 8.84. The lowest BCUT2D eigenvalue weighted by atomic mass is 10.1. The molecule has 4 nitrogen and oxygen atoms in total. The first-order chi connectivity index (χ1) is 7.42. The first-order valence-corrected chi connectivity index (χ1v) is 5.50. The number of imidazole rings is 1. The van der Waals surface area contributed by atoms with E-state index in [-0.39, 0.29) is 6.17 Å². The molecular weight excluding hydrogens is 188 g/mol. The second-order valence-corrected chi connectivity index (χ2v) is 3.95. The molecule has 1 unspecified atom stereocenters. The fourth-order valence-corrected chi connectivity index (χ4v) is 2.17. The number of aromatic nitrogens is 2. The van der Waals surface area contributed by atoms with E-state index >= 15 is 0 Å². The minimum atomic E-state index is 0.179. The molecular formula is C11H16N4. The molecule has 0 spiro atoms. The molecule has 1 saturated heterocycles. The van der Waals surface area contributed by atoms with Crippen LogP contribution < -0.4 is 0 Å². The van der Waals surface area contributed by atoms with Crippen molar-refractivity contribution in [1.82, 2.24) is 14.5 Å². The Bertz CT molecular complexity index is 319. The summed E-state index contributed by atoms with van der Waals surface area (Å²) in [6.45, 7) is 2.20. The lowest BCUT2D eigenvalue weighted by Crippen LogP contribution is -2.36. The second kappa shape index (κ2) is 4.94. The lowest BCUT2D eigenvalue weighted by molar-refractivity contribution is 0.116. The van der Waals surface area contributed by atoms with E-state index in [0.717, 1.165) is 13.1 Å². The van der Waals surface area contributed by atoms with Gasteiger partial charge < -0.3 is 4.57 Å². The van der Waals surface area contributed by atoms with Crippen LogP contribution in [0.15, 0.2) is 18.7 Å².